The summed E-state index contributed by atoms with van der Waals surface area (Å²) < 4.78 is 46.9. The van der Waals surface area contributed by atoms with Gasteiger partial charge in [-0.2, -0.15) is 8.78 Å². The van der Waals surface area contributed by atoms with E-state index in [1.54, 1.807) is 5.01 Å². The second kappa shape index (κ2) is 5.98. The van der Waals surface area contributed by atoms with Gasteiger partial charge in [-0.1, -0.05) is 0 Å². The Kier molecular flexibility index (Phi) is 4.33. The van der Waals surface area contributed by atoms with Crippen molar-refractivity contribution in [3.8, 4) is 5.75 Å². The van der Waals surface area contributed by atoms with Crippen LogP contribution in [-0.4, -0.2) is 37.9 Å². The highest BCUT2D eigenvalue weighted by Crippen LogP contribution is 2.29. The van der Waals surface area contributed by atoms with Gasteiger partial charge >= 0.3 is 6.61 Å². The SMILES string of the molecule is Nc1cc(F)c(OC(F)F)cc1NN1CCOCC1. The van der Waals surface area contributed by atoms with Crippen molar-refractivity contribution in [3.05, 3.63) is 17.9 Å². The molecule has 0 spiro atoms. The predicted octanol–water partition coefficient (Wildman–Crippen LogP) is 1.67. The summed E-state index contributed by atoms with van der Waals surface area (Å²) in [6.45, 7) is -0.762. The molecule has 8 heteroatoms. The zero-order valence-corrected chi connectivity index (χ0v) is 10.0. The summed E-state index contributed by atoms with van der Waals surface area (Å²) in [6, 6.07) is 2.06. The molecule has 0 aliphatic carbocycles. The van der Waals surface area contributed by atoms with Crippen LogP contribution >= 0.6 is 0 Å². The molecule has 2 rings (SSSR count). The maximum absolute atomic E-state index is 13.4. The summed E-state index contributed by atoms with van der Waals surface area (Å²) in [4.78, 5) is 0. The zero-order valence-electron chi connectivity index (χ0n) is 10.0. The van der Waals surface area contributed by atoms with Crippen LogP contribution in [0.3, 0.4) is 0 Å². The number of nitrogen functional groups attached to an aromatic ring is 1. The summed E-state index contributed by atoms with van der Waals surface area (Å²) in [6.07, 6.45) is 0. The molecule has 0 atom stereocenters. The van der Waals surface area contributed by atoms with Crippen LogP contribution in [-0.2, 0) is 4.74 Å². The fraction of sp³-hybridized carbons (Fsp3) is 0.455. The molecule has 1 fully saturated rings. The highest BCUT2D eigenvalue weighted by Gasteiger charge is 2.16. The Morgan fingerprint density at radius 2 is 2.00 bits per heavy atom. The Morgan fingerprint density at radius 3 is 2.63 bits per heavy atom. The van der Waals surface area contributed by atoms with Crippen molar-refractivity contribution >= 4 is 11.4 Å². The quantitative estimate of drug-likeness (QED) is 0.820. The first-order valence-electron chi connectivity index (χ1n) is 5.69. The van der Waals surface area contributed by atoms with Gasteiger partial charge in [0.05, 0.1) is 24.6 Å². The second-order valence-corrected chi connectivity index (χ2v) is 3.96. The molecule has 3 N–H and O–H groups in total. The van der Waals surface area contributed by atoms with Gasteiger partial charge in [-0.3, -0.25) is 0 Å². The third kappa shape index (κ3) is 3.65. The number of hydrogen-bond acceptors (Lipinski definition) is 5. The molecule has 0 radical (unpaired) electrons. The Morgan fingerprint density at radius 1 is 1.32 bits per heavy atom. The van der Waals surface area contributed by atoms with Crippen LogP contribution in [0.2, 0.25) is 0 Å². The Labute approximate surface area is 108 Å². The lowest BCUT2D eigenvalue weighted by Gasteiger charge is -2.28. The largest absolute Gasteiger partial charge is 0.432 e. The molecule has 1 aliphatic rings. The number of hydrazine groups is 1. The number of ether oxygens (including phenoxy) is 2. The molecule has 106 valence electrons. The minimum atomic E-state index is -3.09. The molecule has 0 bridgehead atoms. The Hall–Kier alpha value is -1.67. The van der Waals surface area contributed by atoms with Gasteiger partial charge in [-0.15, -0.1) is 0 Å². The monoisotopic (exact) mass is 277 g/mol. The lowest BCUT2D eigenvalue weighted by atomic mass is 10.2. The molecule has 0 unspecified atom stereocenters. The molecule has 5 nitrogen and oxygen atoms in total. The number of morpholine rings is 1. The molecule has 1 heterocycles. The van der Waals surface area contributed by atoms with Crippen molar-refractivity contribution < 1.29 is 22.6 Å². The normalized spacial score (nSPS) is 16.6. The van der Waals surface area contributed by atoms with Gasteiger partial charge in [0.1, 0.15) is 0 Å². The number of alkyl halides is 2. The third-order valence-corrected chi connectivity index (χ3v) is 2.61. The lowest BCUT2D eigenvalue weighted by Crippen LogP contribution is -2.40. The van der Waals surface area contributed by atoms with Crippen LogP contribution in [0.5, 0.6) is 5.75 Å². The Balaban J connectivity index is 2.14. The second-order valence-electron chi connectivity index (χ2n) is 3.96. The first kappa shape index (κ1) is 13.8. The van der Waals surface area contributed by atoms with Crippen LogP contribution in [0.25, 0.3) is 0 Å². The van der Waals surface area contributed by atoms with Crippen molar-refractivity contribution in [1.82, 2.24) is 5.01 Å². The predicted molar refractivity (Wildman–Crippen MR) is 63.5 cm³/mol. The van der Waals surface area contributed by atoms with Crippen molar-refractivity contribution in [3.63, 3.8) is 0 Å². The molecule has 0 saturated carbocycles. The van der Waals surface area contributed by atoms with E-state index in [-0.39, 0.29) is 5.69 Å². The van der Waals surface area contributed by atoms with Crippen LogP contribution < -0.4 is 15.9 Å². The molecule has 1 aromatic carbocycles. The van der Waals surface area contributed by atoms with E-state index in [4.69, 9.17) is 10.5 Å². The van der Waals surface area contributed by atoms with Gasteiger partial charge in [0.25, 0.3) is 0 Å². The number of hydrogen-bond donors (Lipinski definition) is 2. The average Bonchev–Trinajstić information content (AvgIpc) is 2.36. The Bertz CT molecular complexity index is 439. The maximum Gasteiger partial charge on any atom is 0.387 e. The number of anilines is 2. The zero-order chi connectivity index (χ0) is 13.8. The molecule has 0 aromatic heterocycles. The van der Waals surface area contributed by atoms with E-state index in [0.29, 0.717) is 32.0 Å². The lowest BCUT2D eigenvalue weighted by molar-refractivity contribution is -0.0521. The number of nitrogens with zero attached hydrogens (tertiary/aromatic N) is 1. The maximum atomic E-state index is 13.4. The summed E-state index contributed by atoms with van der Waals surface area (Å²) in [5.74, 6) is -1.47. The fourth-order valence-corrected chi connectivity index (χ4v) is 1.70. The molecule has 1 aliphatic heterocycles. The van der Waals surface area contributed by atoms with E-state index in [1.165, 1.54) is 0 Å². The number of benzene rings is 1. The highest BCUT2D eigenvalue weighted by atomic mass is 19.3. The van der Waals surface area contributed by atoms with Crippen LogP contribution in [0.4, 0.5) is 24.5 Å². The standard InChI is InChI=1S/C11H14F3N3O2/c12-7-5-8(15)9(6-10(7)19-11(13)14)16-17-1-3-18-4-2-17/h5-6,11,16H,1-4,15H2. The van der Waals surface area contributed by atoms with Gasteiger partial charge in [0.15, 0.2) is 11.6 Å². The van der Waals surface area contributed by atoms with Crippen molar-refractivity contribution in [2.24, 2.45) is 0 Å². The molecule has 19 heavy (non-hydrogen) atoms. The van der Waals surface area contributed by atoms with Crippen LogP contribution in [0, 0.1) is 5.82 Å². The van der Waals surface area contributed by atoms with Crippen LogP contribution in [0.15, 0.2) is 12.1 Å². The number of nitrogens with two attached hydrogens (primary N) is 1. The summed E-state index contributed by atoms with van der Waals surface area (Å²) in [7, 11) is 0. The van der Waals surface area contributed by atoms with Gasteiger partial charge < -0.3 is 20.6 Å². The topological polar surface area (TPSA) is 59.8 Å². The van der Waals surface area contributed by atoms with E-state index < -0.39 is 18.2 Å². The number of rotatable bonds is 4. The molecular formula is C11H14F3N3O2. The average molecular weight is 277 g/mol. The number of nitrogens with one attached hydrogen (secondary N) is 1. The van der Waals surface area contributed by atoms with E-state index in [1.807, 2.05) is 0 Å². The molecule has 0 amide bonds. The first-order valence-corrected chi connectivity index (χ1v) is 5.69. The highest BCUT2D eigenvalue weighted by molar-refractivity contribution is 5.68. The van der Waals surface area contributed by atoms with Gasteiger partial charge in [-0.05, 0) is 0 Å². The van der Waals surface area contributed by atoms with Crippen LogP contribution in [0.1, 0.15) is 0 Å². The van der Waals surface area contributed by atoms with E-state index in [9.17, 15) is 13.2 Å². The summed E-state index contributed by atoms with van der Waals surface area (Å²) in [5.41, 5.74) is 9.00. The first-order chi connectivity index (χ1) is 9.06. The minimum absolute atomic E-state index is 0.116. The van der Waals surface area contributed by atoms with Crippen molar-refractivity contribution in [1.29, 1.82) is 0 Å². The third-order valence-electron chi connectivity index (χ3n) is 2.61. The molecular weight excluding hydrogens is 263 g/mol. The summed E-state index contributed by atoms with van der Waals surface area (Å²) in [5, 5.41) is 1.80. The number of halogens is 3. The van der Waals surface area contributed by atoms with E-state index in [2.05, 4.69) is 10.2 Å². The molecule has 1 aromatic rings. The minimum Gasteiger partial charge on any atom is -0.432 e. The van der Waals surface area contributed by atoms with Gasteiger partial charge in [0, 0.05) is 25.2 Å². The van der Waals surface area contributed by atoms with E-state index >= 15 is 0 Å². The van der Waals surface area contributed by atoms with E-state index in [0.717, 1.165) is 12.1 Å². The molecule has 1 saturated heterocycles. The van der Waals surface area contributed by atoms with Crippen molar-refractivity contribution in [2.75, 3.05) is 37.5 Å². The smallest absolute Gasteiger partial charge is 0.387 e. The van der Waals surface area contributed by atoms with Gasteiger partial charge in [-0.25, -0.2) is 9.40 Å². The van der Waals surface area contributed by atoms with Gasteiger partial charge in [0.2, 0.25) is 0 Å². The summed E-state index contributed by atoms with van der Waals surface area (Å²) >= 11 is 0. The fourth-order valence-electron chi connectivity index (χ4n) is 1.70. The van der Waals surface area contributed by atoms with Crippen molar-refractivity contribution in [2.45, 2.75) is 6.61 Å².